The molecule has 0 spiro atoms. The normalized spacial score (nSPS) is 34.9. The Balaban J connectivity index is 1.36. The Labute approximate surface area is 178 Å². The smallest absolute Gasteiger partial charge is 0.251 e. The van der Waals surface area contributed by atoms with E-state index in [1.54, 1.807) is 36.4 Å². The van der Waals surface area contributed by atoms with Gasteiger partial charge in [0, 0.05) is 5.56 Å². The van der Waals surface area contributed by atoms with Gasteiger partial charge in [0.05, 0.1) is 37.2 Å². The lowest BCUT2D eigenvalue weighted by Crippen LogP contribution is -2.40. The first-order valence-electron chi connectivity index (χ1n) is 10.3. The van der Waals surface area contributed by atoms with Gasteiger partial charge < -0.3 is 9.47 Å². The van der Waals surface area contributed by atoms with E-state index in [1.807, 2.05) is 42.5 Å². The first-order chi connectivity index (χ1) is 15.1. The largest absolute Gasteiger partial charge is 0.497 e. The molecule has 2 aromatic carbocycles. The van der Waals surface area contributed by atoms with Crippen molar-refractivity contribution >= 4 is 17.6 Å². The highest BCUT2D eigenvalue weighted by atomic mass is 16.5. The summed E-state index contributed by atoms with van der Waals surface area (Å²) < 4.78 is 11.0. The van der Waals surface area contributed by atoms with Gasteiger partial charge in [-0.25, -0.2) is 5.01 Å². The van der Waals surface area contributed by atoms with E-state index in [4.69, 9.17) is 9.47 Å². The fraction of sp³-hybridized carbons (Fsp3) is 0.292. The Hall–Kier alpha value is -3.29. The lowest BCUT2D eigenvalue weighted by molar-refractivity contribution is -0.153. The summed E-state index contributed by atoms with van der Waals surface area (Å²) in [5.41, 5.74) is 1.41. The number of benzene rings is 2. The van der Waals surface area contributed by atoms with E-state index in [1.165, 1.54) is 5.01 Å². The molecule has 0 radical (unpaired) electrons. The molecule has 7 nitrogen and oxygen atoms in total. The van der Waals surface area contributed by atoms with Crippen molar-refractivity contribution in [2.45, 2.75) is 24.3 Å². The number of nitrogens with zero attached hydrogens (tertiary/aromatic N) is 2. The molecule has 7 atom stereocenters. The first-order valence-corrected chi connectivity index (χ1v) is 10.3. The molecule has 7 heteroatoms. The maximum atomic E-state index is 13.3. The minimum Gasteiger partial charge on any atom is -0.497 e. The predicted molar refractivity (Wildman–Crippen MR) is 109 cm³/mol. The molecule has 0 aliphatic carbocycles. The van der Waals surface area contributed by atoms with E-state index in [0.717, 1.165) is 5.56 Å². The number of amides is 2. The van der Waals surface area contributed by atoms with Crippen LogP contribution in [-0.2, 0) is 14.3 Å². The fourth-order valence-corrected chi connectivity index (χ4v) is 5.16. The van der Waals surface area contributed by atoms with E-state index < -0.39 is 23.9 Å². The standard InChI is InChI=1S/C24H20N2O5/c1-30-15-9-7-13(8-10-15)20-21(22(27)14-5-3-2-4-6-14)25(20)26-23(28)18-16-11-12-17(31-16)19(18)24(26)29/h2-12,16-21H,1H3/t16-,17+,18-,19+,20-,21+,25?/m1/s1. The predicted octanol–water partition coefficient (Wildman–Crippen LogP) is 2.16. The molecule has 6 rings (SSSR count). The Morgan fingerprint density at radius 2 is 1.52 bits per heavy atom. The zero-order valence-electron chi connectivity index (χ0n) is 16.8. The van der Waals surface area contributed by atoms with Crippen molar-refractivity contribution in [2.75, 3.05) is 7.11 Å². The van der Waals surface area contributed by atoms with E-state index in [9.17, 15) is 14.4 Å². The molecule has 2 bridgehead atoms. The number of fused-ring (bicyclic) bond motifs is 5. The summed E-state index contributed by atoms with van der Waals surface area (Å²) >= 11 is 0. The fourth-order valence-electron chi connectivity index (χ4n) is 5.16. The summed E-state index contributed by atoms with van der Waals surface area (Å²) in [4.78, 5) is 39.9. The van der Waals surface area contributed by atoms with Crippen LogP contribution in [0.5, 0.6) is 5.75 Å². The number of ether oxygens (including phenoxy) is 2. The van der Waals surface area contributed by atoms with Gasteiger partial charge in [-0.2, -0.15) is 5.01 Å². The second-order valence-electron chi connectivity index (χ2n) is 8.26. The number of methoxy groups -OCH3 is 1. The molecule has 31 heavy (non-hydrogen) atoms. The molecule has 0 N–H and O–H groups in total. The Morgan fingerprint density at radius 1 is 0.903 bits per heavy atom. The third kappa shape index (κ3) is 2.57. The van der Waals surface area contributed by atoms with Gasteiger partial charge in [-0.3, -0.25) is 14.4 Å². The Morgan fingerprint density at radius 3 is 2.10 bits per heavy atom. The van der Waals surface area contributed by atoms with Crippen LogP contribution in [-0.4, -0.2) is 53.0 Å². The van der Waals surface area contributed by atoms with Gasteiger partial charge >= 0.3 is 0 Å². The van der Waals surface area contributed by atoms with Gasteiger partial charge in [-0.05, 0) is 17.7 Å². The zero-order valence-corrected chi connectivity index (χ0v) is 16.8. The van der Waals surface area contributed by atoms with Crippen molar-refractivity contribution in [1.82, 2.24) is 10.0 Å². The van der Waals surface area contributed by atoms with Crippen molar-refractivity contribution in [3.63, 3.8) is 0 Å². The number of carbonyl (C=O) groups excluding carboxylic acids is 3. The van der Waals surface area contributed by atoms with Crippen LogP contribution in [0.2, 0.25) is 0 Å². The van der Waals surface area contributed by atoms with Gasteiger partial charge in [0.25, 0.3) is 11.8 Å². The quantitative estimate of drug-likeness (QED) is 0.322. The van der Waals surface area contributed by atoms with Crippen molar-refractivity contribution in [2.24, 2.45) is 11.8 Å². The average Bonchev–Trinajstić information content (AvgIpc) is 3.08. The summed E-state index contributed by atoms with van der Waals surface area (Å²) in [6.45, 7) is 0. The molecule has 4 heterocycles. The number of carbonyl (C=O) groups is 3. The SMILES string of the molecule is COc1ccc([C@@H]2[C@@H](C(=O)c3ccccc3)N2N2C(=O)[C@@H]3[C@H](C2=O)[C@H]2C=C[C@@H]3O2)cc1. The van der Waals surface area contributed by atoms with Crippen molar-refractivity contribution in [3.8, 4) is 5.75 Å². The van der Waals surface area contributed by atoms with E-state index in [2.05, 4.69) is 0 Å². The van der Waals surface area contributed by atoms with Gasteiger partial charge in [0.2, 0.25) is 0 Å². The molecule has 4 aliphatic rings. The van der Waals surface area contributed by atoms with Crippen LogP contribution in [0.25, 0.3) is 0 Å². The number of hydrazine groups is 1. The highest BCUT2D eigenvalue weighted by molar-refractivity contribution is 6.08. The number of ketones is 1. The second-order valence-corrected chi connectivity index (χ2v) is 8.26. The van der Waals surface area contributed by atoms with Crippen LogP contribution in [0.4, 0.5) is 0 Å². The molecule has 156 valence electrons. The molecule has 2 aromatic rings. The molecular formula is C24H20N2O5. The summed E-state index contributed by atoms with van der Waals surface area (Å²) in [6.07, 6.45) is 2.99. The minimum atomic E-state index is -0.617. The van der Waals surface area contributed by atoms with Crippen LogP contribution >= 0.6 is 0 Å². The monoisotopic (exact) mass is 416 g/mol. The third-order valence-corrected chi connectivity index (χ3v) is 6.68. The lowest BCUT2D eigenvalue weighted by atomic mass is 9.85. The van der Waals surface area contributed by atoms with Crippen LogP contribution in [0.15, 0.2) is 66.7 Å². The molecule has 0 aromatic heterocycles. The van der Waals surface area contributed by atoms with Gasteiger partial charge in [-0.15, -0.1) is 0 Å². The summed E-state index contributed by atoms with van der Waals surface area (Å²) in [5.74, 6) is -0.998. The molecule has 3 saturated heterocycles. The van der Waals surface area contributed by atoms with Gasteiger partial charge in [0.1, 0.15) is 11.8 Å². The summed E-state index contributed by atoms with van der Waals surface area (Å²) in [5, 5.41) is 2.85. The number of rotatable bonds is 5. The van der Waals surface area contributed by atoms with E-state index in [-0.39, 0.29) is 29.8 Å². The maximum absolute atomic E-state index is 13.3. The summed E-state index contributed by atoms with van der Waals surface area (Å²) in [7, 11) is 1.59. The number of Topliss-reactive ketones (excluding diaryl/α,β-unsaturated/α-hetero) is 1. The number of hydrogen-bond acceptors (Lipinski definition) is 6. The molecular weight excluding hydrogens is 396 g/mol. The molecule has 3 fully saturated rings. The van der Waals surface area contributed by atoms with E-state index in [0.29, 0.717) is 11.3 Å². The first kappa shape index (κ1) is 18.5. The third-order valence-electron chi connectivity index (χ3n) is 6.68. The Kier molecular flexibility index (Phi) is 3.94. The topological polar surface area (TPSA) is 75.9 Å². The second kappa shape index (κ2) is 6.60. The van der Waals surface area contributed by atoms with Gasteiger partial charge in [-0.1, -0.05) is 54.6 Å². The highest BCUT2D eigenvalue weighted by Gasteiger charge is 2.68. The maximum Gasteiger partial charge on any atom is 0.251 e. The number of hydrogen-bond donors (Lipinski definition) is 0. The molecule has 4 aliphatic heterocycles. The van der Waals surface area contributed by atoms with Crippen molar-refractivity contribution < 1.29 is 23.9 Å². The van der Waals surface area contributed by atoms with Crippen molar-refractivity contribution in [3.05, 3.63) is 77.9 Å². The van der Waals surface area contributed by atoms with Gasteiger partial charge in [0.15, 0.2) is 5.78 Å². The summed E-state index contributed by atoms with van der Waals surface area (Å²) in [6, 6.07) is 15.3. The molecule has 0 saturated carbocycles. The molecule has 2 amide bonds. The van der Waals surface area contributed by atoms with Crippen molar-refractivity contribution in [1.29, 1.82) is 0 Å². The molecule has 1 unspecified atom stereocenters. The van der Waals surface area contributed by atoms with Crippen LogP contribution in [0.3, 0.4) is 0 Å². The average molecular weight is 416 g/mol. The lowest BCUT2D eigenvalue weighted by Gasteiger charge is -2.19. The minimum absolute atomic E-state index is 0.114. The highest BCUT2D eigenvalue weighted by Crippen LogP contribution is 2.52. The van der Waals surface area contributed by atoms with Crippen LogP contribution < -0.4 is 4.74 Å². The van der Waals surface area contributed by atoms with Crippen LogP contribution in [0, 0.1) is 11.8 Å². The van der Waals surface area contributed by atoms with Crippen LogP contribution in [0.1, 0.15) is 22.0 Å². The van der Waals surface area contributed by atoms with E-state index >= 15 is 0 Å². The zero-order chi connectivity index (χ0) is 21.3. The Bertz CT molecular complexity index is 1080. The number of imide groups is 1.